The monoisotopic (exact) mass is 390 g/mol. The number of amides is 1. The first-order valence-electron chi connectivity index (χ1n) is 8.69. The minimum absolute atomic E-state index is 0.0981. The first-order chi connectivity index (χ1) is 13.6. The van der Waals surface area contributed by atoms with E-state index in [1.165, 1.54) is 11.8 Å². The largest absolute Gasteiger partial charge is 0.497 e. The molecule has 28 heavy (non-hydrogen) atoms. The Morgan fingerprint density at radius 2 is 1.89 bits per heavy atom. The molecule has 5 nitrogen and oxygen atoms in total. The van der Waals surface area contributed by atoms with Crippen molar-refractivity contribution < 1.29 is 13.9 Å². The molecule has 1 aromatic heterocycles. The van der Waals surface area contributed by atoms with Gasteiger partial charge in [0.05, 0.1) is 17.7 Å². The SMILES string of the molecule is COc1cccc(-c2ccc(/C=C3\SC(=Nc4ccccc4)N(C)C3=O)o2)c1. The number of hydrogen-bond acceptors (Lipinski definition) is 5. The number of rotatable bonds is 4. The van der Waals surface area contributed by atoms with Gasteiger partial charge in [-0.2, -0.15) is 0 Å². The molecule has 0 bridgehead atoms. The van der Waals surface area contributed by atoms with Crippen LogP contribution in [0.15, 0.2) is 81.0 Å². The molecule has 140 valence electrons. The Labute approximate surface area is 167 Å². The molecular weight excluding hydrogens is 372 g/mol. The molecule has 0 N–H and O–H groups in total. The summed E-state index contributed by atoms with van der Waals surface area (Å²) in [5, 5.41) is 0.641. The van der Waals surface area contributed by atoms with E-state index in [1.54, 1.807) is 25.1 Å². The summed E-state index contributed by atoms with van der Waals surface area (Å²) >= 11 is 1.34. The minimum Gasteiger partial charge on any atom is -0.497 e. The Balaban J connectivity index is 1.58. The van der Waals surface area contributed by atoms with E-state index in [2.05, 4.69) is 4.99 Å². The maximum Gasteiger partial charge on any atom is 0.266 e. The lowest BCUT2D eigenvalue weighted by Crippen LogP contribution is -2.23. The number of thioether (sulfide) groups is 1. The number of nitrogens with zero attached hydrogens (tertiary/aromatic N) is 2. The highest BCUT2D eigenvalue weighted by Gasteiger charge is 2.30. The van der Waals surface area contributed by atoms with Gasteiger partial charge in [0.2, 0.25) is 0 Å². The number of carbonyl (C=O) groups excluding carboxylic acids is 1. The summed E-state index contributed by atoms with van der Waals surface area (Å²) in [4.78, 5) is 19.2. The van der Waals surface area contributed by atoms with Gasteiger partial charge < -0.3 is 9.15 Å². The lowest BCUT2D eigenvalue weighted by Gasteiger charge is -2.06. The molecule has 0 saturated carbocycles. The summed E-state index contributed by atoms with van der Waals surface area (Å²) in [6, 6.07) is 21.0. The second kappa shape index (κ2) is 7.78. The quantitative estimate of drug-likeness (QED) is 0.575. The molecule has 1 aliphatic rings. The number of furan rings is 1. The van der Waals surface area contributed by atoms with Gasteiger partial charge in [0.1, 0.15) is 17.3 Å². The second-order valence-electron chi connectivity index (χ2n) is 6.14. The zero-order chi connectivity index (χ0) is 19.5. The number of methoxy groups -OCH3 is 1. The van der Waals surface area contributed by atoms with Gasteiger partial charge in [-0.1, -0.05) is 30.3 Å². The van der Waals surface area contributed by atoms with Gasteiger partial charge in [-0.05, 0) is 48.2 Å². The van der Waals surface area contributed by atoms with Crippen molar-refractivity contribution >= 4 is 34.6 Å². The third kappa shape index (κ3) is 3.73. The normalized spacial score (nSPS) is 16.9. The van der Waals surface area contributed by atoms with E-state index in [-0.39, 0.29) is 5.91 Å². The molecule has 4 rings (SSSR count). The highest BCUT2D eigenvalue weighted by atomic mass is 32.2. The number of para-hydroxylation sites is 1. The van der Waals surface area contributed by atoms with Crippen LogP contribution in [0.4, 0.5) is 5.69 Å². The summed E-state index contributed by atoms with van der Waals surface area (Å²) in [6.07, 6.45) is 1.75. The van der Waals surface area contributed by atoms with Crippen molar-refractivity contribution in [3.63, 3.8) is 0 Å². The number of carbonyl (C=O) groups is 1. The van der Waals surface area contributed by atoms with Crippen molar-refractivity contribution in [1.82, 2.24) is 4.90 Å². The van der Waals surface area contributed by atoms with Crippen molar-refractivity contribution in [1.29, 1.82) is 0 Å². The van der Waals surface area contributed by atoms with Gasteiger partial charge in [0.25, 0.3) is 5.91 Å². The van der Waals surface area contributed by atoms with E-state index in [9.17, 15) is 4.79 Å². The van der Waals surface area contributed by atoms with E-state index in [4.69, 9.17) is 9.15 Å². The standard InChI is InChI=1S/C22H18N2O3S/c1-24-21(25)20(28-22(24)23-16-8-4-3-5-9-16)14-18-11-12-19(27-18)15-7-6-10-17(13-15)26-2/h3-14H,1-2H3/b20-14-,23-22?. The van der Waals surface area contributed by atoms with E-state index in [0.29, 0.717) is 21.6 Å². The lowest BCUT2D eigenvalue weighted by molar-refractivity contribution is -0.121. The van der Waals surface area contributed by atoms with E-state index in [1.807, 2.05) is 66.7 Å². The number of ether oxygens (including phenoxy) is 1. The molecule has 0 radical (unpaired) electrons. The Morgan fingerprint density at radius 1 is 1.07 bits per heavy atom. The topological polar surface area (TPSA) is 55.0 Å². The molecule has 0 spiro atoms. The van der Waals surface area contributed by atoms with Gasteiger partial charge in [-0.15, -0.1) is 0 Å². The van der Waals surface area contributed by atoms with E-state index >= 15 is 0 Å². The minimum atomic E-state index is -0.0981. The van der Waals surface area contributed by atoms with Crippen LogP contribution in [0.2, 0.25) is 0 Å². The Bertz CT molecular complexity index is 1070. The molecule has 1 aliphatic heterocycles. The van der Waals surface area contributed by atoms with Gasteiger partial charge >= 0.3 is 0 Å². The maximum absolute atomic E-state index is 12.6. The average molecular weight is 390 g/mol. The van der Waals surface area contributed by atoms with Crippen molar-refractivity contribution in [2.24, 2.45) is 4.99 Å². The van der Waals surface area contributed by atoms with Crippen LogP contribution in [0.1, 0.15) is 5.76 Å². The number of likely N-dealkylation sites (N-methyl/N-ethyl adjacent to an activating group) is 1. The number of benzene rings is 2. The van der Waals surface area contributed by atoms with E-state index < -0.39 is 0 Å². The highest BCUT2D eigenvalue weighted by molar-refractivity contribution is 8.18. The van der Waals surface area contributed by atoms with Crippen LogP contribution in [0.3, 0.4) is 0 Å². The Kier molecular flexibility index (Phi) is 5.04. The summed E-state index contributed by atoms with van der Waals surface area (Å²) in [7, 11) is 3.35. The van der Waals surface area contributed by atoms with Crippen LogP contribution in [0, 0.1) is 0 Å². The first-order valence-corrected chi connectivity index (χ1v) is 9.51. The van der Waals surface area contributed by atoms with Crippen molar-refractivity contribution in [2.75, 3.05) is 14.2 Å². The van der Waals surface area contributed by atoms with Gasteiger partial charge in [-0.25, -0.2) is 4.99 Å². The fourth-order valence-electron chi connectivity index (χ4n) is 2.76. The number of amidine groups is 1. The molecule has 6 heteroatoms. The highest BCUT2D eigenvalue weighted by Crippen LogP contribution is 2.34. The molecule has 2 aromatic carbocycles. The van der Waals surface area contributed by atoms with Crippen molar-refractivity contribution in [3.05, 3.63) is 77.4 Å². The first kappa shape index (κ1) is 18.1. The van der Waals surface area contributed by atoms with Crippen LogP contribution in [0.5, 0.6) is 5.75 Å². The lowest BCUT2D eigenvalue weighted by atomic mass is 10.2. The fraction of sp³-hybridized carbons (Fsp3) is 0.0909. The zero-order valence-corrected chi connectivity index (χ0v) is 16.3. The van der Waals surface area contributed by atoms with Crippen molar-refractivity contribution in [3.8, 4) is 17.1 Å². The molecule has 0 unspecified atom stereocenters. The molecule has 1 amide bonds. The predicted molar refractivity (Wildman–Crippen MR) is 113 cm³/mol. The molecule has 2 heterocycles. The molecule has 0 aliphatic carbocycles. The zero-order valence-electron chi connectivity index (χ0n) is 15.5. The third-order valence-corrected chi connectivity index (χ3v) is 5.30. The molecule has 0 atom stereocenters. The molecule has 1 fully saturated rings. The van der Waals surface area contributed by atoms with Gasteiger partial charge in [0, 0.05) is 18.7 Å². The van der Waals surface area contributed by atoms with Crippen LogP contribution >= 0.6 is 11.8 Å². The van der Waals surface area contributed by atoms with Gasteiger partial charge in [-0.3, -0.25) is 9.69 Å². The van der Waals surface area contributed by atoms with Gasteiger partial charge in [0.15, 0.2) is 5.17 Å². The van der Waals surface area contributed by atoms with Crippen molar-refractivity contribution in [2.45, 2.75) is 0 Å². The summed E-state index contributed by atoms with van der Waals surface area (Å²) in [5.41, 5.74) is 1.72. The van der Waals surface area contributed by atoms with E-state index in [0.717, 1.165) is 17.0 Å². The summed E-state index contributed by atoms with van der Waals surface area (Å²) in [6.45, 7) is 0. The van der Waals surface area contributed by atoms with Crippen LogP contribution in [0.25, 0.3) is 17.4 Å². The average Bonchev–Trinajstić information content (AvgIpc) is 3.30. The fourth-order valence-corrected chi connectivity index (χ4v) is 3.72. The van der Waals surface area contributed by atoms with Crippen LogP contribution < -0.4 is 4.74 Å². The summed E-state index contributed by atoms with van der Waals surface area (Å²) in [5.74, 6) is 1.99. The molecular formula is C22H18N2O3S. The third-order valence-electron chi connectivity index (χ3n) is 4.24. The molecule has 1 saturated heterocycles. The molecule has 3 aromatic rings. The predicted octanol–water partition coefficient (Wildman–Crippen LogP) is 5.19. The van der Waals surface area contributed by atoms with Crippen LogP contribution in [-0.2, 0) is 4.79 Å². The van der Waals surface area contributed by atoms with Crippen LogP contribution in [-0.4, -0.2) is 30.1 Å². The smallest absolute Gasteiger partial charge is 0.266 e. The Morgan fingerprint density at radius 3 is 2.68 bits per heavy atom. The maximum atomic E-state index is 12.6. The second-order valence-corrected chi connectivity index (χ2v) is 7.15. The number of aliphatic imine (C=N–C) groups is 1. The summed E-state index contributed by atoms with van der Waals surface area (Å²) < 4.78 is 11.2. The Hall–Kier alpha value is -3.25. The number of hydrogen-bond donors (Lipinski definition) is 0.